The molecule has 0 aliphatic rings. The molecule has 29 heavy (non-hydrogen) atoms. The van der Waals surface area contributed by atoms with Crippen molar-refractivity contribution < 1.29 is 10.2 Å². The molecule has 0 radical (unpaired) electrons. The molecule has 0 aromatic heterocycles. The number of hydrogen-bond donors (Lipinski definition) is 2. The smallest absolute Gasteiger partial charge is 0.138 e. The average molecular weight is 516 g/mol. The number of halogens is 2. The van der Waals surface area contributed by atoms with E-state index < -0.39 is 0 Å². The van der Waals surface area contributed by atoms with Crippen molar-refractivity contribution in [2.75, 3.05) is 31.2 Å². The maximum atomic E-state index is 9.76. The summed E-state index contributed by atoms with van der Waals surface area (Å²) in [4.78, 5) is 1.85. The molecule has 2 aromatic rings. The summed E-state index contributed by atoms with van der Waals surface area (Å²) in [6.45, 7) is 0.723. The SMILES string of the molecule is N#CC(C#N)=c1cc(Br)/c(=C(\C#N)c2ccc(N(CCO)CCO)cc2)cc1Br. The van der Waals surface area contributed by atoms with Gasteiger partial charge in [0.1, 0.15) is 23.8 Å². The number of aliphatic hydroxyl groups excluding tert-OH is 2. The number of aliphatic hydroxyl groups is 2. The molecule has 2 N–H and O–H groups in total. The standard InChI is InChI=1S/C21H16Br2N4O2/c22-20-10-18(21(23)9-17(20)15(11-24)12-25)19(13-26)14-1-3-16(4-2-14)27(5-7-28)6-8-29/h1-4,9-10,28-29H,5-8H2/b19-18+. The molecular weight excluding hydrogens is 500 g/mol. The normalized spacial score (nSPS) is 11.1. The molecule has 2 aromatic carbocycles. The molecule has 0 aliphatic carbocycles. The van der Waals surface area contributed by atoms with E-state index in [-0.39, 0.29) is 18.8 Å². The van der Waals surface area contributed by atoms with E-state index >= 15 is 0 Å². The second-order valence-electron chi connectivity index (χ2n) is 5.88. The Hall–Kier alpha value is -2.67. The Bertz CT molecular complexity index is 1120. The molecule has 0 bridgehead atoms. The van der Waals surface area contributed by atoms with E-state index in [0.29, 0.717) is 43.6 Å². The van der Waals surface area contributed by atoms with Crippen LogP contribution in [-0.4, -0.2) is 36.5 Å². The van der Waals surface area contributed by atoms with Crippen LogP contribution in [0.4, 0.5) is 5.69 Å². The second-order valence-corrected chi connectivity index (χ2v) is 7.59. The van der Waals surface area contributed by atoms with Gasteiger partial charge in [0.2, 0.25) is 0 Å². The lowest BCUT2D eigenvalue weighted by Crippen LogP contribution is -2.29. The highest BCUT2D eigenvalue weighted by Crippen LogP contribution is 2.20. The van der Waals surface area contributed by atoms with Gasteiger partial charge in [-0.3, -0.25) is 0 Å². The highest BCUT2D eigenvalue weighted by Gasteiger charge is 2.10. The molecule has 146 valence electrons. The minimum absolute atomic E-state index is 0.0279. The van der Waals surface area contributed by atoms with Crippen molar-refractivity contribution >= 4 is 48.7 Å². The summed E-state index contributed by atoms with van der Waals surface area (Å²) in [5.41, 5.74) is 1.91. The number of benzene rings is 2. The van der Waals surface area contributed by atoms with Crippen LogP contribution in [-0.2, 0) is 0 Å². The quantitative estimate of drug-likeness (QED) is 0.607. The number of hydrogen-bond acceptors (Lipinski definition) is 6. The molecule has 0 heterocycles. The van der Waals surface area contributed by atoms with Crippen molar-refractivity contribution in [3.63, 3.8) is 0 Å². The lowest BCUT2D eigenvalue weighted by molar-refractivity contribution is 0.281. The fourth-order valence-corrected chi connectivity index (χ4v) is 3.89. The van der Waals surface area contributed by atoms with Gasteiger partial charge in [0.25, 0.3) is 0 Å². The highest BCUT2D eigenvalue weighted by molar-refractivity contribution is 9.11. The minimum atomic E-state index is -0.0327. The van der Waals surface area contributed by atoms with Gasteiger partial charge < -0.3 is 15.1 Å². The fourth-order valence-electron chi connectivity index (χ4n) is 2.81. The number of rotatable bonds is 6. The third-order valence-corrected chi connectivity index (χ3v) is 5.50. The molecule has 6 nitrogen and oxygen atoms in total. The summed E-state index contributed by atoms with van der Waals surface area (Å²) in [6, 6.07) is 16.5. The van der Waals surface area contributed by atoms with E-state index in [9.17, 15) is 15.5 Å². The van der Waals surface area contributed by atoms with Crippen LogP contribution in [0.1, 0.15) is 5.56 Å². The molecule has 0 atom stereocenters. The Morgan fingerprint density at radius 2 is 1.34 bits per heavy atom. The summed E-state index contributed by atoms with van der Waals surface area (Å²) in [5.74, 6) is 0. The monoisotopic (exact) mass is 514 g/mol. The summed E-state index contributed by atoms with van der Waals surface area (Å²) in [6.07, 6.45) is 0. The Kier molecular flexibility index (Phi) is 8.39. The van der Waals surface area contributed by atoms with Crippen LogP contribution in [0.25, 0.3) is 11.1 Å². The molecular formula is C21H16Br2N4O2. The molecule has 2 rings (SSSR count). The molecule has 0 spiro atoms. The van der Waals surface area contributed by atoms with Crippen molar-refractivity contribution in [2.24, 2.45) is 0 Å². The maximum Gasteiger partial charge on any atom is 0.138 e. The van der Waals surface area contributed by atoms with Gasteiger partial charge in [-0.05, 0) is 29.8 Å². The Morgan fingerprint density at radius 1 is 0.828 bits per heavy atom. The van der Waals surface area contributed by atoms with Crippen LogP contribution >= 0.6 is 31.9 Å². The van der Waals surface area contributed by atoms with Crippen molar-refractivity contribution in [1.82, 2.24) is 0 Å². The fraction of sp³-hybridized carbons (Fsp3) is 0.190. The lowest BCUT2D eigenvalue weighted by Gasteiger charge is -2.23. The van der Waals surface area contributed by atoms with E-state index in [1.165, 1.54) is 0 Å². The predicted molar refractivity (Wildman–Crippen MR) is 117 cm³/mol. The van der Waals surface area contributed by atoms with Gasteiger partial charge in [0.15, 0.2) is 0 Å². The van der Waals surface area contributed by atoms with E-state index in [1.54, 1.807) is 24.3 Å². The van der Waals surface area contributed by atoms with Crippen molar-refractivity contribution in [1.29, 1.82) is 15.8 Å². The maximum absolute atomic E-state index is 9.76. The third kappa shape index (κ3) is 5.23. The average Bonchev–Trinajstić information content (AvgIpc) is 2.73. The first-order valence-corrected chi connectivity index (χ1v) is 10.1. The van der Waals surface area contributed by atoms with Crippen LogP contribution in [0.2, 0.25) is 0 Å². The van der Waals surface area contributed by atoms with Crippen molar-refractivity contribution in [2.45, 2.75) is 0 Å². The number of anilines is 1. The number of nitriles is 3. The van der Waals surface area contributed by atoms with Crippen LogP contribution < -0.4 is 15.3 Å². The zero-order valence-electron chi connectivity index (χ0n) is 15.2. The second kappa shape index (κ2) is 10.8. The zero-order valence-corrected chi connectivity index (χ0v) is 18.4. The van der Waals surface area contributed by atoms with E-state index in [2.05, 4.69) is 37.9 Å². The Labute approximate surface area is 185 Å². The highest BCUT2D eigenvalue weighted by atomic mass is 79.9. The lowest BCUT2D eigenvalue weighted by atomic mass is 10.0. The van der Waals surface area contributed by atoms with Gasteiger partial charge in [-0.15, -0.1) is 0 Å². The van der Waals surface area contributed by atoms with Gasteiger partial charge in [-0.25, -0.2) is 0 Å². The Balaban J connectivity index is 2.63. The molecule has 0 unspecified atom stereocenters. The number of nitrogens with zero attached hydrogens (tertiary/aromatic N) is 4. The van der Waals surface area contributed by atoms with Gasteiger partial charge in [0, 0.05) is 38.2 Å². The summed E-state index contributed by atoms with van der Waals surface area (Å²) in [5, 5.41) is 47.4. The molecule has 0 saturated heterocycles. The minimum Gasteiger partial charge on any atom is -0.395 e. The summed E-state index contributed by atoms with van der Waals surface area (Å²) in [7, 11) is 0. The van der Waals surface area contributed by atoms with Gasteiger partial charge in [-0.2, -0.15) is 15.8 Å². The predicted octanol–water partition coefficient (Wildman–Crippen LogP) is 1.92. The van der Waals surface area contributed by atoms with E-state index in [0.717, 1.165) is 5.69 Å². The first-order valence-electron chi connectivity index (χ1n) is 8.51. The molecule has 0 saturated carbocycles. The van der Waals surface area contributed by atoms with Gasteiger partial charge >= 0.3 is 0 Å². The van der Waals surface area contributed by atoms with E-state index in [1.807, 2.05) is 29.2 Å². The Morgan fingerprint density at radius 3 is 1.83 bits per heavy atom. The molecule has 0 amide bonds. The molecule has 0 aliphatic heterocycles. The van der Waals surface area contributed by atoms with Crippen LogP contribution in [0.3, 0.4) is 0 Å². The van der Waals surface area contributed by atoms with Crippen LogP contribution in [0, 0.1) is 34.0 Å². The van der Waals surface area contributed by atoms with Crippen molar-refractivity contribution in [3.05, 3.63) is 61.3 Å². The van der Waals surface area contributed by atoms with Crippen LogP contribution in [0.5, 0.6) is 0 Å². The third-order valence-electron chi connectivity index (χ3n) is 4.19. The summed E-state index contributed by atoms with van der Waals surface area (Å²) < 4.78 is 1.12. The van der Waals surface area contributed by atoms with Crippen molar-refractivity contribution in [3.8, 4) is 18.2 Å². The van der Waals surface area contributed by atoms with Crippen LogP contribution in [0.15, 0.2) is 45.3 Å². The molecule has 8 heteroatoms. The summed E-state index contributed by atoms with van der Waals surface area (Å²) >= 11 is 6.81. The molecule has 0 fully saturated rings. The topological polar surface area (TPSA) is 115 Å². The van der Waals surface area contributed by atoms with E-state index in [4.69, 9.17) is 10.5 Å². The first kappa shape index (κ1) is 22.6. The first-order chi connectivity index (χ1) is 14.0. The van der Waals surface area contributed by atoms with Gasteiger partial charge in [0.05, 0.1) is 18.8 Å². The zero-order chi connectivity index (χ0) is 21.4. The largest absolute Gasteiger partial charge is 0.395 e. The van der Waals surface area contributed by atoms with Gasteiger partial charge in [-0.1, -0.05) is 44.0 Å².